The lowest BCUT2D eigenvalue weighted by Crippen LogP contribution is -2.60. The van der Waals surface area contributed by atoms with Crippen molar-refractivity contribution < 1.29 is 24.9 Å². The number of allylic oxidation sites excluding steroid dienone is 1. The van der Waals surface area contributed by atoms with Gasteiger partial charge in [0.1, 0.15) is 30.0 Å². The summed E-state index contributed by atoms with van der Waals surface area (Å²) in [7, 11) is 2.10. The van der Waals surface area contributed by atoms with Crippen LogP contribution < -0.4 is 10.2 Å². The molecule has 31 heavy (non-hydrogen) atoms. The van der Waals surface area contributed by atoms with E-state index in [1.807, 2.05) is 30.3 Å². The number of carbonyl (C=O) groups excluding carboxylic acids is 1. The van der Waals surface area contributed by atoms with E-state index in [9.17, 15) is 20.3 Å². The Morgan fingerprint density at radius 1 is 1.19 bits per heavy atom. The van der Waals surface area contributed by atoms with Gasteiger partial charge in [0, 0.05) is 31.9 Å². The first-order valence-electron chi connectivity index (χ1n) is 10.4. The molecule has 1 aromatic carbocycles. The lowest BCUT2D eigenvalue weighted by atomic mass is 9.97. The molecule has 2 aliphatic heterocycles. The summed E-state index contributed by atoms with van der Waals surface area (Å²) < 4.78 is 5.28. The van der Waals surface area contributed by atoms with E-state index < -0.39 is 36.9 Å². The fourth-order valence-electron chi connectivity index (χ4n) is 3.85. The van der Waals surface area contributed by atoms with Crippen LogP contribution in [0, 0.1) is 11.3 Å². The zero-order valence-corrected chi connectivity index (χ0v) is 17.9. The van der Waals surface area contributed by atoms with E-state index in [0.29, 0.717) is 5.57 Å². The highest BCUT2D eigenvalue weighted by atomic mass is 16.5. The van der Waals surface area contributed by atoms with Crippen LogP contribution >= 0.6 is 0 Å². The van der Waals surface area contributed by atoms with Gasteiger partial charge in [0.05, 0.1) is 19.3 Å². The summed E-state index contributed by atoms with van der Waals surface area (Å²) in [6, 6.07) is 8.81. The van der Waals surface area contributed by atoms with Gasteiger partial charge in [-0.25, -0.2) is 0 Å². The first kappa shape index (κ1) is 23.2. The van der Waals surface area contributed by atoms with Gasteiger partial charge in [0.2, 0.25) is 0 Å². The van der Waals surface area contributed by atoms with Gasteiger partial charge in [-0.15, -0.1) is 0 Å². The zero-order valence-electron chi connectivity index (χ0n) is 17.9. The van der Waals surface area contributed by atoms with Crippen molar-refractivity contribution in [3.8, 4) is 6.07 Å². The summed E-state index contributed by atoms with van der Waals surface area (Å²) in [4.78, 5) is 17.3. The lowest BCUT2D eigenvalue weighted by Gasteiger charge is -2.37. The minimum absolute atomic E-state index is 0.0710. The number of ether oxygens (including phenoxy) is 1. The fourth-order valence-corrected chi connectivity index (χ4v) is 3.85. The molecule has 9 heteroatoms. The predicted molar refractivity (Wildman–Crippen MR) is 115 cm³/mol. The smallest absolute Gasteiger partial charge is 0.262 e. The Labute approximate surface area is 182 Å². The van der Waals surface area contributed by atoms with E-state index in [2.05, 4.69) is 22.2 Å². The number of nitriles is 1. The highest BCUT2D eigenvalue weighted by molar-refractivity contribution is 6.04. The number of piperazine rings is 1. The van der Waals surface area contributed by atoms with Crippen molar-refractivity contribution in [2.75, 3.05) is 51.3 Å². The number of amides is 1. The molecule has 4 unspecified atom stereocenters. The number of aliphatic hydroxyl groups is 3. The van der Waals surface area contributed by atoms with E-state index in [0.717, 1.165) is 37.4 Å². The summed E-state index contributed by atoms with van der Waals surface area (Å²) in [6.07, 6.45) is -3.55. The normalized spacial score (nSPS) is 27.9. The molecular formula is C22H30N4O5. The highest BCUT2D eigenvalue weighted by Crippen LogP contribution is 2.24. The SMILES string of the molecule is CC(=C(C#N)C(=O)NC1COC(CO)C(O)C1O)c1ccc(N2CCN(C)CC2)cc1. The van der Waals surface area contributed by atoms with Crippen LogP contribution in [-0.4, -0.2) is 96.9 Å². The van der Waals surface area contributed by atoms with Crippen molar-refractivity contribution in [3.63, 3.8) is 0 Å². The number of likely N-dealkylation sites (N-methyl/N-ethyl adjacent to an activating group) is 1. The van der Waals surface area contributed by atoms with Crippen LogP contribution in [0.1, 0.15) is 12.5 Å². The van der Waals surface area contributed by atoms with E-state index in [1.165, 1.54) is 0 Å². The molecule has 0 spiro atoms. The number of nitrogens with one attached hydrogen (secondary N) is 1. The minimum Gasteiger partial charge on any atom is -0.394 e. The van der Waals surface area contributed by atoms with Crippen molar-refractivity contribution in [3.05, 3.63) is 35.4 Å². The Hall–Kier alpha value is -2.48. The average molecular weight is 431 g/mol. The molecule has 0 aliphatic carbocycles. The first-order chi connectivity index (χ1) is 14.8. The van der Waals surface area contributed by atoms with Gasteiger partial charge in [-0.05, 0) is 37.2 Å². The maximum Gasteiger partial charge on any atom is 0.262 e. The van der Waals surface area contributed by atoms with Crippen LogP contribution in [0.2, 0.25) is 0 Å². The molecular weight excluding hydrogens is 400 g/mol. The van der Waals surface area contributed by atoms with Gasteiger partial charge >= 0.3 is 0 Å². The first-order valence-corrected chi connectivity index (χ1v) is 10.4. The molecule has 0 bridgehead atoms. The van der Waals surface area contributed by atoms with Gasteiger partial charge in [-0.3, -0.25) is 4.79 Å². The third kappa shape index (κ3) is 5.23. The maximum atomic E-state index is 12.7. The number of hydrogen-bond donors (Lipinski definition) is 4. The van der Waals surface area contributed by atoms with Gasteiger partial charge in [0.25, 0.3) is 5.91 Å². The number of nitrogens with zero attached hydrogens (tertiary/aromatic N) is 3. The second-order valence-corrected chi connectivity index (χ2v) is 8.06. The van der Waals surface area contributed by atoms with E-state index in [1.54, 1.807) is 6.92 Å². The third-order valence-electron chi connectivity index (χ3n) is 6.01. The molecule has 168 valence electrons. The van der Waals surface area contributed by atoms with Crippen molar-refractivity contribution >= 4 is 17.2 Å². The van der Waals surface area contributed by atoms with E-state index >= 15 is 0 Å². The second kappa shape index (κ2) is 10.2. The highest BCUT2D eigenvalue weighted by Gasteiger charge is 2.39. The monoisotopic (exact) mass is 430 g/mol. The van der Waals surface area contributed by atoms with Crippen LogP contribution in [0.3, 0.4) is 0 Å². The van der Waals surface area contributed by atoms with E-state index in [-0.39, 0.29) is 12.2 Å². The number of rotatable bonds is 5. The summed E-state index contributed by atoms with van der Waals surface area (Å²) in [6.45, 7) is 5.09. The van der Waals surface area contributed by atoms with Gasteiger partial charge < -0.3 is 35.2 Å². The molecule has 4 atom stereocenters. The number of benzene rings is 1. The molecule has 9 nitrogen and oxygen atoms in total. The van der Waals surface area contributed by atoms with Crippen molar-refractivity contribution in [2.45, 2.75) is 31.3 Å². The van der Waals surface area contributed by atoms with Crippen LogP contribution in [-0.2, 0) is 9.53 Å². The molecule has 2 heterocycles. The second-order valence-electron chi connectivity index (χ2n) is 8.06. The van der Waals surface area contributed by atoms with Crippen LogP contribution in [0.25, 0.3) is 5.57 Å². The molecule has 2 fully saturated rings. The molecule has 2 saturated heterocycles. The quantitative estimate of drug-likeness (QED) is 0.358. The average Bonchev–Trinajstić information content (AvgIpc) is 2.78. The fraction of sp³-hybridized carbons (Fsp3) is 0.545. The predicted octanol–water partition coefficient (Wildman–Crippen LogP) is -0.667. The molecule has 1 amide bonds. The minimum atomic E-state index is -1.33. The Morgan fingerprint density at radius 3 is 2.42 bits per heavy atom. The topological polar surface area (TPSA) is 129 Å². The van der Waals surface area contributed by atoms with Crippen molar-refractivity contribution in [1.82, 2.24) is 10.2 Å². The van der Waals surface area contributed by atoms with Gasteiger partial charge in [-0.1, -0.05) is 12.1 Å². The van der Waals surface area contributed by atoms with Crippen molar-refractivity contribution in [2.24, 2.45) is 0 Å². The number of carbonyl (C=O) groups is 1. The standard InChI is InChI=1S/C22H30N4O5/c1-14(15-3-5-16(6-4-15)26-9-7-25(2)8-10-26)17(11-23)22(30)24-18-13-31-19(12-27)21(29)20(18)28/h3-6,18-21,27-29H,7-10,12-13H2,1-2H3,(H,24,30). The summed E-state index contributed by atoms with van der Waals surface area (Å²) in [5, 5.41) is 41.5. The maximum absolute atomic E-state index is 12.7. The third-order valence-corrected chi connectivity index (χ3v) is 6.01. The summed E-state index contributed by atoms with van der Waals surface area (Å²) in [5.41, 5.74) is 2.30. The van der Waals surface area contributed by atoms with Crippen LogP contribution in [0.5, 0.6) is 0 Å². The Balaban J connectivity index is 1.70. The largest absolute Gasteiger partial charge is 0.394 e. The molecule has 4 N–H and O–H groups in total. The van der Waals surface area contributed by atoms with Crippen molar-refractivity contribution in [1.29, 1.82) is 5.26 Å². The van der Waals surface area contributed by atoms with Crippen LogP contribution in [0.4, 0.5) is 5.69 Å². The number of anilines is 1. The molecule has 0 saturated carbocycles. The molecule has 3 rings (SSSR count). The van der Waals surface area contributed by atoms with Gasteiger partial charge in [0.15, 0.2) is 0 Å². The van der Waals surface area contributed by atoms with E-state index in [4.69, 9.17) is 9.84 Å². The number of hydrogen-bond acceptors (Lipinski definition) is 8. The molecule has 0 radical (unpaired) electrons. The Kier molecular flexibility index (Phi) is 7.64. The molecule has 2 aliphatic rings. The number of aliphatic hydroxyl groups excluding tert-OH is 3. The Bertz CT molecular complexity index is 842. The van der Waals surface area contributed by atoms with Gasteiger partial charge in [-0.2, -0.15) is 5.26 Å². The molecule has 0 aromatic heterocycles. The summed E-state index contributed by atoms with van der Waals surface area (Å²) >= 11 is 0. The molecule has 1 aromatic rings. The zero-order chi connectivity index (χ0) is 22.5. The summed E-state index contributed by atoms with van der Waals surface area (Å²) in [5.74, 6) is -0.648. The Morgan fingerprint density at radius 2 is 1.84 bits per heavy atom. The van der Waals surface area contributed by atoms with Crippen LogP contribution in [0.15, 0.2) is 29.8 Å². The lowest BCUT2D eigenvalue weighted by molar-refractivity contribution is -0.163.